The van der Waals surface area contributed by atoms with Crippen LogP contribution in [0.1, 0.15) is 13.8 Å². The predicted molar refractivity (Wildman–Crippen MR) is 130 cm³/mol. The highest BCUT2D eigenvalue weighted by atomic mass is 16.2. The van der Waals surface area contributed by atoms with Crippen molar-refractivity contribution < 1.29 is 4.79 Å². The van der Waals surface area contributed by atoms with Gasteiger partial charge in [0.25, 0.3) is 0 Å². The molecule has 8 nitrogen and oxygen atoms in total. The molecule has 1 aliphatic rings. The highest BCUT2D eigenvalue weighted by molar-refractivity contribution is 5.95. The van der Waals surface area contributed by atoms with Crippen molar-refractivity contribution in [1.29, 1.82) is 0 Å². The molecule has 0 spiro atoms. The fourth-order valence-corrected chi connectivity index (χ4v) is 4.39. The van der Waals surface area contributed by atoms with Crippen LogP contribution in [-0.2, 0) is 4.79 Å². The summed E-state index contributed by atoms with van der Waals surface area (Å²) < 4.78 is 1.80. The van der Waals surface area contributed by atoms with Crippen molar-refractivity contribution in [3.05, 3.63) is 54.6 Å². The van der Waals surface area contributed by atoms with Crippen LogP contribution in [0.5, 0.6) is 0 Å². The van der Waals surface area contributed by atoms with Crippen molar-refractivity contribution in [1.82, 2.24) is 30.0 Å². The Morgan fingerprint density at radius 2 is 1.82 bits per heavy atom. The quantitative estimate of drug-likeness (QED) is 0.451. The van der Waals surface area contributed by atoms with Gasteiger partial charge in [0.15, 0.2) is 11.5 Å². The second-order valence-electron chi connectivity index (χ2n) is 8.43. The summed E-state index contributed by atoms with van der Waals surface area (Å²) in [5.41, 5.74) is 1.70. The van der Waals surface area contributed by atoms with E-state index in [1.54, 1.807) is 4.52 Å². The van der Waals surface area contributed by atoms with Gasteiger partial charge in [-0.2, -0.15) is 4.52 Å². The number of likely N-dealkylation sites (N-methyl/N-ethyl adjacent to an activating group) is 1. The SMILES string of the molecule is CCN(CC)CCNC(=O)C1CN(c2ccc3nnc(-c4cccc5ccccc45)n3n2)C1. The van der Waals surface area contributed by atoms with Gasteiger partial charge in [0.05, 0.1) is 5.92 Å². The number of nitrogens with one attached hydrogen (secondary N) is 1. The summed E-state index contributed by atoms with van der Waals surface area (Å²) in [4.78, 5) is 16.9. The van der Waals surface area contributed by atoms with E-state index in [-0.39, 0.29) is 11.8 Å². The van der Waals surface area contributed by atoms with Gasteiger partial charge in [0, 0.05) is 31.7 Å². The average Bonchev–Trinajstić information content (AvgIpc) is 3.24. The molecule has 1 saturated heterocycles. The van der Waals surface area contributed by atoms with Crippen molar-refractivity contribution in [2.24, 2.45) is 5.92 Å². The molecule has 3 heterocycles. The molecule has 5 rings (SSSR count). The number of amides is 1. The number of hydrogen-bond acceptors (Lipinski definition) is 6. The summed E-state index contributed by atoms with van der Waals surface area (Å²) in [6, 6.07) is 18.3. The molecule has 2 aromatic heterocycles. The van der Waals surface area contributed by atoms with E-state index in [2.05, 4.69) is 63.4 Å². The summed E-state index contributed by atoms with van der Waals surface area (Å²) in [6.45, 7) is 9.20. The first-order chi connectivity index (χ1) is 16.2. The van der Waals surface area contributed by atoms with Crippen LogP contribution in [0.2, 0.25) is 0 Å². The maximum atomic E-state index is 12.5. The largest absolute Gasteiger partial charge is 0.354 e. The number of carbonyl (C=O) groups excluding carboxylic acids is 1. The van der Waals surface area contributed by atoms with E-state index < -0.39 is 0 Å². The molecule has 1 amide bonds. The van der Waals surface area contributed by atoms with Gasteiger partial charge < -0.3 is 15.1 Å². The first-order valence-corrected chi connectivity index (χ1v) is 11.6. The summed E-state index contributed by atoms with van der Waals surface area (Å²) in [5, 5.41) is 18.9. The summed E-state index contributed by atoms with van der Waals surface area (Å²) in [7, 11) is 0. The van der Waals surface area contributed by atoms with Crippen LogP contribution >= 0.6 is 0 Å². The van der Waals surface area contributed by atoms with Crippen LogP contribution in [0, 0.1) is 5.92 Å². The molecular formula is C25H29N7O. The smallest absolute Gasteiger partial charge is 0.226 e. The molecule has 1 fully saturated rings. The van der Waals surface area contributed by atoms with Gasteiger partial charge >= 0.3 is 0 Å². The van der Waals surface area contributed by atoms with Crippen LogP contribution < -0.4 is 10.2 Å². The van der Waals surface area contributed by atoms with Crippen molar-refractivity contribution in [3.8, 4) is 11.4 Å². The third-order valence-electron chi connectivity index (χ3n) is 6.48. The number of rotatable bonds is 8. The lowest BCUT2D eigenvalue weighted by Gasteiger charge is -2.39. The third-order valence-corrected chi connectivity index (χ3v) is 6.48. The van der Waals surface area contributed by atoms with Crippen LogP contribution in [0.4, 0.5) is 5.82 Å². The molecule has 0 aliphatic carbocycles. The molecule has 0 saturated carbocycles. The number of benzene rings is 2. The molecule has 8 heteroatoms. The normalized spacial score (nSPS) is 14.2. The second-order valence-corrected chi connectivity index (χ2v) is 8.43. The zero-order valence-electron chi connectivity index (χ0n) is 19.1. The van der Waals surface area contributed by atoms with E-state index in [1.807, 2.05) is 30.3 Å². The average molecular weight is 444 g/mol. The molecule has 4 aromatic rings. The van der Waals surface area contributed by atoms with E-state index >= 15 is 0 Å². The lowest BCUT2D eigenvalue weighted by atomic mass is 9.99. The number of nitrogens with zero attached hydrogens (tertiary/aromatic N) is 6. The van der Waals surface area contributed by atoms with E-state index in [9.17, 15) is 4.79 Å². The van der Waals surface area contributed by atoms with Crippen LogP contribution in [0.25, 0.3) is 27.8 Å². The Labute approximate surface area is 193 Å². The van der Waals surface area contributed by atoms with Gasteiger partial charge in [-0.15, -0.1) is 15.3 Å². The van der Waals surface area contributed by atoms with Gasteiger partial charge in [-0.05, 0) is 36.0 Å². The Hall–Kier alpha value is -3.52. The first kappa shape index (κ1) is 21.3. The summed E-state index contributed by atoms with van der Waals surface area (Å²) in [6.07, 6.45) is 0. The van der Waals surface area contributed by atoms with Gasteiger partial charge in [0.1, 0.15) is 5.82 Å². The predicted octanol–water partition coefficient (Wildman–Crippen LogP) is 2.84. The maximum Gasteiger partial charge on any atom is 0.226 e. The Kier molecular flexibility index (Phi) is 5.92. The Bertz CT molecular complexity index is 1270. The molecule has 1 aliphatic heterocycles. The zero-order valence-corrected chi connectivity index (χ0v) is 19.1. The minimum absolute atomic E-state index is 0.00218. The molecule has 2 aromatic carbocycles. The van der Waals surface area contributed by atoms with Gasteiger partial charge in [0.2, 0.25) is 5.91 Å². The molecule has 170 valence electrons. The highest BCUT2D eigenvalue weighted by Gasteiger charge is 2.33. The van der Waals surface area contributed by atoms with E-state index in [0.29, 0.717) is 25.3 Å². The van der Waals surface area contributed by atoms with Crippen LogP contribution in [0.15, 0.2) is 54.6 Å². The fourth-order valence-electron chi connectivity index (χ4n) is 4.39. The maximum absolute atomic E-state index is 12.5. The van der Waals surface area contributed by atoms with E-state index in [0.717, 1.165) is 47.6 Å². The van der Waals surface area contributed by atoms with Gasteiger partial charge in [-0.3, -0.25) is 4.79 Å². The van der Waals surface area contributed by atoms with Gasteiger partial charge in [-0.25, -0.2) is 0 Å². The molecular weight excluding hydrogens is 414 g/mol. The lowest BCUT2D eigenvalue weighted by Crippen LogP contribution is -2.54. The fraction of sp³-hybridized carbons (Fsp3) is 0.360. The molecule has 0 atom stereocenters. The summed E-state index contributed by atoms with van der Waals surface area (Å²) in [5.74, 6) is 1.67. The molecule has 1 N–H and O–H groups in total. The standard InChI is InChI=1S/C25H29N7O/c1-3-30(4-2)15-14-26-25(33)19-16-31(17-19)23-13-12-22-27-28-24(32(22)29-23)21-11-7-9-18-8-5-6-10-20(18)21/h5-13,19H,3-4,14-17H2,1-2H3,(H,26,33). The second kappa shape index (κ2) is 9.15. The minimum atomic E-state index is -0.00218. The van der Waals surface area contributed by atoms with Crippen LogP contribution in [0.3, 0.4) is 0 Å². The van der Waals surface area contributed by atoms with Crippen molar-refractivity contribution >= 4 is 28.1 Å². The molecule has 33 heavy (non-hydrogen) atoms. The van der Waals surface area contributed by atoms with E-state index in [4.69, 9.17) is 5.10 Å². The minimum Gasteiger partial charge on any atom is -0.354 e. The Balaban J connectivity index is 1.30. The first-order valence-electron chi connectivity index (χ1n) is 11.6. The summed E-state index contributed by atoms with van der Waals surface area (Å²) >= 11 is 0. The number of fused-ring (bicyclic) bond motifs is 2. The van der Waals surface area contributed by atoms with Crippen molar-refractivity contribution in [2.45, 2.75) is 13.8 Å². The van der Waals surface area contributed by atoms with Crippen LogP contribution in [-0.4, -0.2) is 69.9 Å². The topological polar surface area (TPSA) is 78.7 Å². The molecule has 0 unspecified atom stereocenters. The Morgan fingerprint density at radius 1 is 1.03 bits per heavy atom. The zero-order chi connectivity index (χ0) is 22.8. The third kappa shape index (κ3) is 4.14. The lowest BCUT2D eigenvalue weighted by molar-refractivity contribution is -0.125. The number of carbonyl (C=O) groups is 1. The number of hydrogen-bond donors (Lipinski definition) is 1. The monoisotopic (exact) mass is 443 g/mol. The van der Waals surface area contributed by atoms with Crippen molar-refractivity contribution in [2.75, 3.05) is 44.2 Å². The molecule has 0 radical (unpaired) electrons. The van der Waals surface area contributed by atoms with E-state index in [1.165, 1.54) is 0 Å². The highest BCUT2D eigenvalue weighted by Crippen LogP contribution is 2.29. The van der Waals surface area contributed by atoms with Gasteiger partial charge in [-0.1, -0.05) is 56.3 Å². The number of aromatic nitrogens is 4. The van der Waals surface area contributed by atoms with Crippen molar-refractivity contribution in [3.63, 3.8) is 0 Å². The molecule has 0 bridgehead atoms. The number of anilines is 1. The Morgan fingerprint density at radius 3 is 2.64 bits per heavy atom.